The van der Waals surface area contributed by atoms with Gasteiger partial charge < -0.3 is 15.3 Å². The van der Waals surface area contributed by atoms with Gasteiger partial charge in [0.25, 0.3) is 0 Å². The molecular formula is C6H9NO6. The van der Waals surface area contributed by atoms with E-state index in [0.29, 0.717) is 4.90 Å². The SMILES string of the molecule is CN(C)C(C(=O)O)(C(=O)O)C(=O)O. The van der Waals surface area contributed by atoms with Crippen molar-refractivity contribution in [2.75, 3.05) is 14.1 Å². The van der Waals surface area contributed by atoms with Crippen molar-refractivity contribution >= 4 is 17.9 Å². The Bertz CT molecular complexity index is 222. The fourth-order valence-electron chi connectivity index (χ4n) is 0.848. The third-order valence-electron chi connectivity index (χ3n) is 1.60. The molecule has 0 aliphatic heterocycles. The second kappa shape index (κ2) is 3.40. The Morgan fingerprint density at radius 3 is 1.15 bits per heavy atom. The van der Waals surface area contributed by atoms with Gasteiger partial charge in [-0.1, -0.05) is 0 Å². The van der Waals surface area contributed by atoms with Crippen LogP contribution < -0.4 is 0 Å². The maximum Gasteiger partial charge on any atom is 0.347 e. The van der Waals surface area contributed by atoms with E-state index in [9.17, 15) is 14.4 Å². The Morgan fingerprint density at radius 1 is 0.923 bits per heavy atom. The number of carboxylic acids is 3. The Kier molecular flexibility index (Phi) is 2.97. The minimum absolute atomic E-state index is 0.611. The summed E-state index contributed by atoms with van der Waals surface area (Å²) in [4.78, 5) is 32.2. The lowest BCUT2D eigenvalue weighted by Crippen LogP contribution is -2.62. The first-order chi connectivity index (χ1) is 5.77. The zero-order valence-corrected chi connectivity index (χ0v) is 7.01. The van der Waals surface area contributed by atoms with Gasteiger partial charge in [-0.25, -0.2) is 14.4 Å². The zero-order valence-electron chi connectivity index (χ0n) is 7.01. The average molecular weight is 191 g/mol. The van der Waals surface area contributed by atoms with Crippen LogP contribution in [0.5, 0.6) is 0 Å². The lowest BCUT2D eigenvalue weighted by Gasteiger charge is -2.26. The highest BCUT2D eigenvalue weighted by Crippen LogP contribution is 2.13. The summed E-state index contributed by atoms with van der Waals surface area (Å²) in [6.45, 7) is 0. The van der Waals surface area contributed by atoms with Crippen LogP contribution in [0, 0.1) is 0 Å². The van der Waals surface area contributed by atoms with E-state index in [1.54, 1.807) is 0 Å². The van der Waals surface area contributed by atoms with Gasteiger partial charge in [-0.15, -0.1) is 0 Å². The van der Waals surface area contributed by atoms with E-state index in [-0.39, 0.29) is 0 Å². The molecule has 0 radical (unpaired) electrons. The van der Waals surface area contributed by atoms with Crippen LogP contribution in [0.3, 0.4) is 0 Å². The van der Waals surface area contributed by atoms with Crippen LogP contribution in [0.15, 0.2) is 0 Å². The van der Waals surface area contributed by atoms with Crippen molar-refractivity contribution in [2.24, 2.45) is 0 Å². The van der Waals surface area contributed by atoms with Crippen molar-refractivity contribution in [2.45, 2.75) is 5.54 Å². The summed E-state index contributed by atoms with van der Waals surface area (Å²) < 4.78 is 0. The van der Waals surface area contributed by atoms with E-state index in [1.165, 1.54) is 0 Å². The molecule has 0 spiro atoms. The number of likely N-dealkylation sites (N-methyl/N-ethyl adjacent to an activating group) is 1. The third kappa shape index (κ3) is 1.45. The van der Waals surface area contributed by atoms with Crippen molar-refractivity contribution in [1.29, 1.82) is 0 Å². The normalized spacial score (nSPS) is 11.3. The molecule has 13 heavy (non-hydrogen) atoms. The maximum atomic E-state index is 10.5. The minimum Gasteiger partial charge on any atom is -0.479 e. The van der Waals surface area contributed by atoms with Crippen LogP contribution >= 0.6 is 0 Å². The predicted octanol–water partition coefficient (Wildman–Crippen LogP) is -1.46. The lowest BCUT2D eigenvalue weighted by molar-refractivity contribution is -0.176. The first-order valence-electron chi connectivity index (χ1n) is 3.15. The second-order valence-electron chi connectivity index (χ2n) is 2.52. The maximum absolute atomic E-state index is 10.5. The first-order valence-corrected chi connectivity index (χ1v) is 3.15. The van der Waals surface area contributed by atoms with E-state index in [4.69, 9.17) is 15.3 Å². The zero-order chi connectivity index (χ0) is 10.8. The van der Waals surface area contributed by atoms with E-state index >= 15 is 0 Å². The molecule has 74 valence electrons. The number of nitrogens with zero attached hydrogens (tertiary/aromatic N) is 1. The predicted molar refractivity (Wildman–Crippen MR) is 39.3 cm³/mol. The van der Waals surface area contributed by atoms with Crippen molar-refractivity contribution in [3.8, 4) is 0 Å². The molecule has 0 saturated heterocycles. The average Bonchev–Trinajstić information content (AvgIpc) is 1.82. The quantitative estimate of drug-likeness (QED) is 0.465. The summed E-state index contributed by atoms with van der Waals surface area (Å²) in [5, 5.41) is 25.6. The molecule has 0 bridgehead atoms. The molecule has 0 heterocycles. The smallest absolute Gasteiger partial charge is 0.347 e. The van der Waals surface area contributed by atoms with Crippen LogP contribution in [0.1, 0.15) is 0 Å². The van der Waals surface area contributed by atoms with Gasteiger partial charge in [0, 0.05) is 0 Å². The summed E-state index contributed by atoms with van der Waals surface area (Å²) in [5.41, 5.74) is -2.92. The monoisotopic (exact) mass is 191 g/mol. The number of rotatable bonds is 4. The highest BCUT2D eigenvalue weighted by atomic mass is 16.4. The number of hydrogen-bond acceptors (Lipinski definition) is 4. The lowest BCUT2D eigenvalue weighted by atomic mass is 9.99. The largest absolute Gasteiger partial charge is 0.479 e. The summed E-state index contributed by atoms with van der Waals surface area (Å²) in [7, 11) is 2.13. The van der Waals surface area contributed by atoms with E-state index in [0.717, 1.165) is 14.1 Å². The van der Waals surface area contributed by atoms with Gasteiger partial charge in [-0.3, -0.25) is 4.90 Å². The molecule has 0 aromatic heterocycles. The van der Waals surface area contributed by atoms with Gasteiger partial charge in [-0.05, 0) is 14.1 Å². The number of aliphatic carboxylic acids is 3. The van der Waals surface area contributed by atoms with Crippen molar-refractivity contribution in [1.82, 2.24) is 4.90 Å². The summed E-state index contributed by atoms with van der Waals surface area (Å²) >= 11 is 0. The molecule has 0 aliphatic rings. The van der Waals surface area contributed by atoms with Gasteiger partial charge in [0.2, 0.25) is 0 Å². The summed E-state index contributed by atoms with van der Waals surface area (Å²) in [6.07, 6.45) is 0. The molecule has 3 N–H and O–H groups in total. The second-order valence-corrected chi connectivity index (χ2v) is 2.52. The fourth-order valence-corrected chi connectivity index (χ4v) is 0.848. The van der Waals surface area contributed by atoms with Crippen LogP contribution in [-0.4, -0.2) is 57.8 Å². The van der Waals surface area contributed by atoms with Crippen molar-refractivity contribution in [3.05, 3.63) is 0 Å². The molecule has 0 aromatic carbocycles. The molecule has 7 nitrogen and oxygen atoms in total. The third-order valence-corrected chi connectivity index (χ3v) is 1.60. The Morgan fingerprint density at radius 2 is 1.15 bits per heavy atom. The first kappa shape index (κ1) is 11.4. The van der Waals surface area contributed by atoms with Crippen LogP contribution in [0.4, 0.5) is 0 Å². The van der Waals surface area contributed by atoms with Crippen LogP contribution in [0.2, 0.25) is 0 Å². The van der Waals surface area contributed by atoms with Crippen molar-refractivity contribution in [3.63, 3.8) is 0 Å². The highest BCUT2D eigenvalue weighted by Gasteiger charge is 2.56. The number of carboxylic acid groups (broad SMARTS) is 3. The molecule has 0 unspecified atom stereocenters. The standard InChI is InChI=1S/C6H9NO6/c1-7(2)6(3(8)9,4(10)11)5(12)13/h1-2H3,(H,8,9)(H,10,11)(H,12,13). The van der Waals surface area contributed by atoms with Gasteiger partial charge in [-0.2, -0.15) is 0 Å². The molecule has 0 atom stereocenters. The molecule has 0 aliphatic carbocycles. The van der Waals surface area contributed by atoms with Crippen LogP contribution in [-0.2, 0) is 14.4 Å². The van der Waals surface area contributed by atoms with Gasteiger partial charge >= 0.3 is 23.4 Å². The van der Waals surface area contributed by atoms with Gasteiger partial charge in [0.15, 0.2) is 0 Å². The highest BCUT2D eigenvalue weighted by molar-refractivity contribution is 6.21. The molecule has 0 amide bonds. The molecule has 0 aromatic rings. The molecule has 7 heteroatoms. The Hall–Kier alpha value is -1.63. The van der Waals surface area contributed by atoms with E-state index in [2.05, 4.69) is 0 Å². The van der Waals surface area contributed by atoms with Gasteiger partial charge in [0.1, 0.15) is 0 Å². The van der Waals surface area contributed by atoms with Crippen molar-refractivity contribution < 1.29 is 29.7 Å². The van der Waals surface area contributed by atoms with Gasteiger partial charge in [0.05, 0.1) is 0 Å². The molecular weight excluding hydrogens is 182 g/mol. The summed E-state index contributed by atoms with van der Waals surface area (Å²) in [5.74, 6) is -5.80. The molecule has 0 rings (SSSR count). The number of hydrogen-bond donors (Lipinski definition) is 3. The van der Waals surface area contributed by atoms with E-state index in [1.807, 2.05) is 0 Å². The molecule has 0 fully saturated rings. The molecule has 0 saturated carbocycles. The summed E-state index contributed by atoms with van der Waals surface area (Å²) in [6, 6.07) is 0. The number of carbonyl (C=O) groups is 3. The van der Waals surface area contributed by atoms with E-state index < -0.39 is 23.4 Å². The Labute approximate surface area is 73.2 Å². The topological polar surface area (TPSA) is 115 Å². The Balaban J connectivity index is 5.46. The van der Waals surface area contributed by atoms with Crippen LogP contribution in [0.25, 0.3) is 0 Å². The fraction of sp³-hybridized carbons (Fsp3) is 0.500. The minimum atomic E-state index is -2.92.